The van der Waals surface area contributed by atoms with E-state index >= 15 is 0 Å². The Morgan fingerprint density at radius 3 is 2.39 bits per heavy atom. The smallest absolute Gasteiger partial charge is 0.228 e. The summed E-state index contributed by atoms with van der Waals surface area (Å²) in [5, 5.41) is 3.79. The standard InChI is InChI=1S/C20H22ClNO/c21-18-13-7-6-12-17(18)14-22-20(23)19(16-10-4-5-11-16)15-8-2-1-3-9-15/h1-3,6-9,12-13,16,19H,4-5,10-11,14H2,(H,22,23). The first-order valence-corrected chi connectivity index (χ1v) is 8.69. The van der Waals surface area contributed by atoms with Crippen molar-refractivity contribution in [1.29, 1.82) is 0 Å². The molecule has 1 aliphatic carbocycles. The average Bonchev–Trinajstić information content (AvgIpc) is 3.09. The first kappa shape index (κ1) is 16.1. The van der Waals surface area contributed by atoms with Crippen LogP contribution in [-0.4, -0.2) is 5.91 Å². The fourth-order valence-corrected chi connectivity index (χ4v) is 3.73. The third kappa shape index (κ3) is 3.94. The van der Waals surface area contributed by atoms with Crippen molar-refractivity contribution in [3.8, 4) is 0 Å². The number of benzene rings is 2. The molecule has 3 rings (SSSR count). The quantitative estimate of drug-likeness (QED) is 0.828. The van der Waals surface area contributed by atoms with Gasteiger partial charge < -0.3 is 5.32 Å². The van der Waals surface area contributed by atoms with Gasteiger partial charge in [-0.1, -0.05) is 73.0 Å². The summed E-state index contributed by atoms with van der Waals surface area (Å²) in [5.74, 6) is 0.507. The van der Waals surface area contributed by atoms with Crippen LogP contribution in [0.25, 0.3) is 0 Å². The van der Waals surface area contributed by atoms with Gasteiger partial charge in [0.25, 0.3) is 0 Å². The Bertz CT molecular complexity index is 650. The molecule has 2 aromatic rings. The van der Waals surface area contributed by atoms with Crippen molar-refractivity contribution in [2.24, 2.45) is 5.92 Å². The zero-order valence-corrected chi connectivity index (χ0v) is 13.9. The van der Waals surface area contributed by atoms with Crippen molar-refractivity contribution in [1.82, 2.24) is 5.32 Å². The van der Waals surface area contributed by atoms with Crippen LogP contribution in [0.3, 0.4) is 0 Å². The van der Waals surface area contributed by atoms with Gasteiger partial charge in [-0.3, -0.25) is 4.79 Å². The van der Waals surface area contributed by atoms with Crippen LogP contribution in [0.2, 0.25) is 5.02 Å². The first-order valence-electron chi connectivity index (χ1n) is 8.32. The van der Waals surface area contributed by atoms with Gasteiger partial charge in [0, 0.05) is 11.6 Å². The second-order valence-corrected chi connectivity index (χ2v) is 6.65. The molecule has 1 atom stereocenters. The molecular formula is C20H22ClNO. The number of amides is 1. The second kappa shape index (κ2) is 7.65. The van der Waals surface area contributed by atoms with Gasteiger partial charge >= 0.3 is 0 Å². The molecule has 1 aliphatic rings. The molecule has 0 heterocycles. The highest BCUT2D eigenvalue weighted by atomic mass is 35.5. The lowest BCUT2D eigenvalue weighted by atomic mass is 9.84. The van der Waals surface area contributed by atoms with Crippen molar-refractivity contribution in [3.63, 3.8) is 0 Å². The fourth-order valence-electron chi connectivity index (χ4n) is 3.52. The normalized spacial score (nSPS) is 16.2. The minimum atomic E-state index is -0.0545. The van der Waals surface area contributed by atoms with E-state index in [1.165, 1.54) is 12.8 Å². The monoisotopic (exact) mass is 327 g/mol. The van der Waals surface area contributed by atoms with E-state index in [9.17, 15) is 4.79 Å². The van der Waals surface area contributed by atoms with E-state index in [0.29, 0.717) is 17.5 Å². The van der Waals surface area contributed by atoms with Crippen LogP contribution in [0, 0.1) is 5.92 Å². The molecule has 0 aliphatic heterocycles. The Balaban J connectivity index is 1.74. The number of halogens is 1. The zero-order valence-electron chi connectivity index (χ0n) is 13.2. The summed E-state index contributed by atoms with van der Waals surface area (Å²) in [6.45, 7) is 0.481. The maximum absolute atomic E-state index is 12.9. The van der Waals surface area contributed by atoms with Gasteiger partial charge in [-0.25, -0.2) is 0 Å². The van der Waals surface area contributed by atoms with Crippen molar-refractivity contribution in [2.45, 2.75) is 38.1 Å². The minimum Gasteiger partial charge on any atom is -0.351 e. The van der Waals surface area contributed by atoms with Gasteiger partial charge in [-0.2, -0.15) is 0 Å². The third-order valence-corrected chi connectivity index (χ3v) is 5.09. The van der Waals surface area contributed by atoms with Crippen molar-refractivity contribution >= 4 is 17.5 Å². The lowest BCUT2D eigenvalue weighted by Gasteiger charge is -2.23. The Morgan fingerprint density at radius 2 is 1.70 bits per heavy atom. The summed E-state index contributed by atoms with van der Waals surface area (Å²) in [6.07, 6.45) is 4.73. The third-order valence-electron chi connectivity index (χ3n) is 4.72. The van der Waals surface area contributed by atoms with E-state index in [4.69, 9.17) is 11.6 Å². The molecule has 3 heteroatoms. The minimum absolute atomic E-state index is 0.0545. The lowest BCUT2D eigenvalue weighted by molar-refractivity contribution is -0.123. The number of nitrogens with one attached hydrogen (secondary N) is 1. The summed E-state index contributed by atoms with van der Waals surface area (Å²) in [6, 6.07) is 17.8. The summed E-state index contributed by atoms with van der Waals surface area (Å²) < 4.78 is 0. The molecule has 23 heavy (non-hydrogen) atoms. The molecule has 1 unspecified atom stereocenters. The molecule has 0 spiro atoms. The molecule has 120 valence electrons. The van der Waals surface area contributed by atoms with Crippen molar-refractivity contribution in [2.75, 3.05) is 0 Å². The summed E-state index contributed by atoms with van der Waals surface area (Å²) >= 11 is 6.18. The summed E-state index contributed by atoms with van der Waals surface area (Å²) in [4.78, 5) is 12.9. The second-order valence-electron chi connectivity index (χ2n) is 6.24. The maximum atomic E-state index is 12.9. The zero-order chi connectivity index (χ0) is 16.1. The van der Waals surface area contributed by atoms with E-state index in [1.807, 2.05) is 42.5 Å². The Morgan fingerprint density at radius 1 is 1.04 bits per heavy atom. The van der Waals surface area contributed by atoms with Crippen LogP contribution >= 0.6 is 11.6 Å². The molecule has 0 radical (unpaired) electrons. The largest absolute Gasteiger partial charge is 0.351 e. The van der Waals surface area contributed by atoms with E-state index in [1.54, 1.807) is 0 Å². The van der Waals surface area contributed by atoms with Gasteiger partial charge in [-0.05, 0) is 36.0 Å². The molecule has 1 saturated carbocycles. The highest BCUT2D eigenvalue weighted by Crippen LogP contribution is 2.37. The Hall–Kier alpha value is -1.80. The van der Waals surface area contributed by atoms with Crippen LogP contribution in [0.1, 0.15) is 42.7 Å². The SMILES string of the molecule is O=C(NCc1ccccc1Cl)C(c1ccccc1)C1CCCC1. The molecule has 1 N–H and O–H groups in total. The topological polar surface area (TPSA) is 29.1 Å². The van der Waals surface area contributed by atoms with Crippen LogP contribution in [-0.2, 0) is 11.3 Å². The Kier molecular flexibility index (Phi) is 5.35. The highest BCUT2D eigenvalue weighted by Gasteiger charge is 2.31. The van der Waals surface area contributed by atoms with Gasteiger partial charge in [-0.15, -0.1) is 0 Å². The van der Waals surface area contributed by atoms with Gasteiger partial charge in [0.15, 0.2) is 0 Å². The lowest BCUT2D eigenvalue weighted by Crippen LogP contribution is -2.32. The van der Waals surface area contributed by atoms with E-state index in [2.05, 4.69) is 17.4 Å². The van der Waals surface area contributed by atoms with E-state index < -0.39 is 0 Å². The number of hydrogen-bond acceptors (Lipinski definition) is 1. The highest BCUT2D eigenvalue weighted by molar-refractivity contribution is 6.31. The van der Waals surface area contributed by atoms with E-state index in [-0.39, 0.29) is 11.8 Å². The average molecular weight is 328 g/mol. The van der Waals surface area contributed by atoms with Crippen molar-refractivity contribution in [3.05, 3.63) is 70.7 Å². The molecule has 2 aromatic carbocycles. The summed E-state index contributed by atoms with van der Waals surface area (Å²) in [5.41, 5.74) is 2.08. The van der Waals surface area contributed by atoms with Crippen molar-refractivity contribution < 1.29 is 4.79 Å². The van der Waals surface area contributed by atoms with Crippen LogP contribution in [0.4, 0.5) is 0 Å². The van der Waals surface area contributed by atoms with E-state index in [0.717, 1.165) is 24.0 Å². The maximum Gasteiger partial charge on any atom is 0.228 e. The number of rotatable bonds is 5. The molecule has 1 fully saturated rings. The summed E-state index contributed by atoms with van der Waals surface area (Å²) in [7, 11) is 0. The predicted octanol–water partition coefficient (Wildman–Crippen LogP) is 4.93. The van der Waals surface area contributed by atoms with Crippen LogP contribution in [0.15, 0.2) is 54.6 Å². The van der Waals surface area contributed by atoms with Gasteiger partial charge in [0.05, 0.1) is 5.92 Å². The molecule has 0 aromatic heterocycles. The number of carbonyl (C=O) groups excluding carboxylic acids is 1. The molecule has 0 saturated heterocycles. The molecule has 2 nitrogen and oxygen atoms in total. The Labute approximate surface area is 142 Å². The number of carbonyl (C=O) groups is 1. The van der Waals surface area contributed by atoms with Crippen LogP contribution in [0.5, 0.6) is 0 Å². The van der Waals surface area contributed by atoms with Gasteiger partial charge in [0.2, 0.25) is 5.91 Å². The fraction of sp³-hybridized carbons (Fsp3) is 0.350. The first-order chi connectivity index (χ1) is 11.3. The molecular weight excluding hydrogens is 306 g/mol. The molecule has 0 bridgehead atoms. The number of hydrogen-bond donors (Lipinski definition) is 1. The molecule has 1 amide bonds. The van der Waals surface area contributed by atoms with Gasteiger partial charge in [0.1, 0.15) is 0 Å². The predicted molar refractivity (Wildman–Crippen MR) is 94.4 cm³/mol. The van der Waals surface area contributed by atoms with Crippen LogP contribution < -0.4 is 5.32 Å².